The summed E-state index contributed by atoms with van der Waals surface area (Å²) in [7, 11) is 0. The van der Waals surface area contributed by atoms with E-state index in [9.17, 15) is 9.00 Å². The van der Waals surface area contributed by atoms with Gasteiger partial charge in [0, 0.05) is 11.3 Å². The van der Waals surface area contributed by atoms with E-state index in [0.717, 1.165) is 10.8 Å². The molecule has 3 rings (SSSR count). The number of rotatable bonds is 4. The summed E-state index contributed by atoms with van der Waals surface area (Å²) in [4.78, 5) is 12.5. The van der Waals surface area contributed by atoms with Crippen molar-refractivity contribution in [3.8, 4) is 0 Å². The summed E-state index contributed by atoms with van der Waals surface area (Å²) in [6.07, 6.45) is 0. The molecule has 0 bridgehead atoms. The topological polar surface area (TPSA) is 66.4 Å². The van der Waals surface area contributed by atoms with Crippen LogP contribution in [0.4, 0.5) is 5.69 Å². The first kappa shape index (κ1) is 15.4. The van der Waals surface area contributed by atoms with Crippen LogP contribution in [-0.4, -0.2) is 14.7 Å². The summed E-state index contributed by atoms with van der Waals surface area (Å²) >= 11 is -1.90. The van der Waals surface area contributed by atoms with E-state index < -0.39 is 11.1 Å². The van der Waals surface area contributed by atoms with Gasteiger partial charge < -0.3 is 9.87 Å². The van der Waals surface area contributed by atoms with E-state index in [-0.39, 0.29) is 11.7 Å². The van der Waals surface area contributed by atoms with E-state index >= 15 is 0 Å². The molecule has 0 aliphatic carbocycles. The number of hydrogen-bond donors (Lipinski definition) is 2. The Bertz CT molecular complexity index is 887. The van der Waals surface area contributed by atoms with Crippen LogP contribution in [0.25, 0.3) is 10.8 Å². The average Bonchev–Trinajstić information content (AvgIpc) is 2.54. The van der Waals surface area contributed by atoms with Crippen molar-refractivity contribution in [1.82, 2.24) is 0 Å². The van der Waals surface area contributed by atoms with Crippen molar-refractivity contribution in [3.63, 3.8) is 0 Å². The van der Waals surface area contributed by atoms with Crippen molar-refractivity contribution in [2.75, 3.05) is 5.32 Å². The number of amides is 1. The van der Waals surface area contributed by atoms with E-state index in [1.807, 2.05) is 36.4 Å². The Kier molecular flexibility index (Phi) is 4.50. The van der Waals surface area contributed by atoms with E-state index in [1.165, 1.54) is 0 Å². The number of anilines is 1. The standard InChI is InChI=1S/C18H15NO3S/c20-18(17-10-4-7-14-6-1-2-9-16(14)17)19-15-8-3-5-13(11-15)12-23(21)22/h1-11H,12H2,(H,19,20)(H,21,22). The smallest absolute Gasteiger partial charge is 0.256 e. The zero-order chi connectivity index (χ0) is 16.2. The van der Waals surface area contributed by atoms with Gasteiger partial charge in [0.2, 0.25) is 0 Å². The van der Waals surface area contributed by atoms with Crippen molar-refractivity contribution in [2.45, 2.75) is 5.75 Å². The zero-order valence-electron chi connectivity index (χ0n) is 12.2. The van der Waals surface area contributed by atoms with Crippen LogP contribution in [0.1, 0.15) is 15.9 Å². The van der Waals surface area contributed by atoms with Gasteiger partial charge in [0.05, 0.1) is 5.75 Å². The van der Waals surface area contributed by atoms with Gasteiger partial charge >= 0.3 is 0 Å². The van der Waals surface area contributed by atoms with E-state index in [2.05, 4.69) is 5.32 Å². The van der Waals surface area contributed by atoms with Crippen LogP contribution in [0.5, 0.6) is 0 Å². The third-order valence-corrected chi connectivity index (χ3v) is 4.09. The normalized spacial score (nSPS) is 12.0. The lowest BCUT2D eigenvalue weighted by Crippen LogP contribution is -2.12. The maximum absolute atomic E-state index is 12.5. The molecule has 0 aliphatic heterocycles. The molecule has 0 saturated carbocycles. The molecular weight excluding hydrogens is 310 g/mol. The van der Waals surface area contributed by atoms with Gasteiger partial charge in [0.25, 0.3) is 5.91 Å². The van der Waals surface area contributed by atoms with Gasteiger partial charge in [-0.1, -0.05) is 48.5 Å². The molecular formula is C18H15NO3S. The monoisotopic (exact) mass is 325 g/mol. The second-order valence-electron chi connectivity index (χ2n) is 5.15. The maximum atomic E-state index is 12.5. The van der Waals surface area contributed by atoms with E-state index in [4.69, 9.17) is 4.55 Å². The van der Waals surface area contributed by atoms with Crippen molar-refractivity contribution < 1.29 is 13.6 Å². The molecule has 0 radical (unpaired) electrons. The van der Waals surface area contributed by atoms with Gasteiger partial charge in [0.15, 0.2) is 11.1 Å². The van der Waals surface area contributed by atoms with Crippen LogP contribution >= 0.6 is 0 Å². The van der Waals surface area contributed by atoms with Gasteiger partial charge in [-0.15, -0.1) is 0 Å². The highest BCUT2D eigenvalue weighted by Crippen LogP contribution is 2.20. The average molecular weight is 325 g/mol. The van der Waals surface area contributed by atoms with Crippen LogP contribution in [-0.2, 0) is 16.8 Å². The number of fused-ring (bicyclic) bond motifs is 1. The fraction of sp³-hybridized carbons (Fsp3) is 0.0556. The molecule has 3 aromatic rings. The molecule has 116 valence electrons. The first-order valence-electron chi connectivity index (χ1n) is 7.09. The Morgan fingerprint density at radius 2 is 1.74 bits per heavy atom. The Hall–Kier alpha value is -2.50. The fourth-order valence-electron chi connectivity index (χ4n) is 2.50. The Balaban J connectivity index is 1.88. The predicted octanol–water partition coefficient (Wildman–Crippen LogP) is 3.81. The SMILES string of the molecule is O=C(Nc1cccc(CS(=O)O)c1)c1cccc2ccccc12. The van der Waals surface area contributed by atoms with Crippen molar-refractivity contribution in [1.29, 1.82) is 0 Å². The summed E-state index contributed by atoms with van der Waals surface area (Å²) in [6.45, 7) is 0. The summed E-state index contributed by atoms with van der Waals surface area (Å²) in [6, 6.07) is 20.3. The fourth-order valence-corrected chi connectivity index (χ4v) is 2.97. The lowest BCUT2D eigenvalue weighted by molar-refractivity contribution is 0.102. The molecule has 5 heteroatoms. The number of nitrogens with one attached hydrogen (secondary N) is 1. The van der Waals surface area contributed by atoms with Crippen molar-refractivity contribution in [3.05, 3.63) is 77.9 Å². The molecule has 0 fully saturated rings. The molecule has 3 aromatic carbocycles. The molecule has 1 amide bonds. The number of benzene rings is 3. The predicted molar refractivity (Wildman–Crippen MR) is 92.8 cm³/mol. The van der Waals surface area contributed by atoms with Crippen LogP contribution in [0.2, 0.25) is 0 Å². The highest BCUT2D eigenvalue weighted by atomic mass is 32.2. The van der Waals surface area contributed by atoms with Crippen LogP contribution in [0, 0.1) is 0 Å². The molecule has 0 spiro atoms. The van der Waals surface area contributed by atoms with Crippen LogP contribution in [0.3, 0.4) is 0 Å². The van der Waals surface area contributed by atoms with E-state index in [0.29, 0.717) is 16.8 Å². The number of carbonyl (C=O) groups excluding carboxylic acids is 1. The molecule has 0 aromatic heterocycles. The molecule has 0 saturated heterocycles. The van der Waals surface area contributed by atoms with Gasteiger partial charge in [-0.25, -0.2) is 4.21 Å². The quantitative estimate of drug-likeness (QED) is 0.717. The maximum Gasteiger partial charge on any atom is 0.256 e. The molecule has 0 heterocycles. The van der Waals surface area contributed by atoms with Gasteiger partial charge in [0.1, 0.15) is 0 Å². The zero-order valence-corrected chi connectivity index (χ0v) is 13.0. The van der Waals surface area contributed by atoms with Crippen LogP contribution < -0.4 is 5.32 Å². The number of hydrogen-bond acceptors (Lipinski definition) is 2. The second kappa shape index (κ2) is 6.73. The minimum absolute atomic E-state index is 0.0397. The molecule has 0 aliphatic rings. The van der Waals surface area contributed by atoms with Crippen LogP contribution in [0.15, 0.2) is 66.7 Å². The van der Waals surface area contributed by atoms with Gasteiger partial charge in [-0.3, -0.25) is 4.79 Å². The molecule has 2 N–H and O–H groups in total. The lowest BCUT2D eigenvalue weighted by Gasteiger charge is -2.09. The second-order valence-corrected chi connectivity index (χ2v) is 6.08. The Morgan fingerprint density at radius 1 is 1.00 bits per heavy atom. The number of carbonyl (C=O) groups is 1. The minimum Gasteiger partial charge on any atom is -0.322 e. The van der Waals surface area contributed by atoms with Gasteiger partial charge in [-0.2, -0.15) is 0 Å². The molecule has 4 nitrogen and oxygen atoms in total. The Labute approximate surface area is 136 Å². The molecule has 1 unspecified atom stereocenters. The largest absolute Gasteiger partial charge is 0.322 e. The first-order valence-corrected chi connectivity index (χ1v) is 8.36. The highest BCUT2D eigenvalue weighted by molar-refractivity contribution is 7.78. The highest BCUT2D eigenvalue weighted by Gasteiger charge is 2.10. The molecule has 23 heavy (non-hydrogen) atoms. The van der Waals surface area contributed by atoms with Gasteiger partial charge in [-0.05, 0) is 34.5 Å². The third-order valence-electron chi connectivity index (χ3n) is 3.51. The van der Waals surface area contributed by atoms with Crippen molar-refractivity contribution >= 4 is 33.4 Å². The lowest BCUT2D eigenvalue weighted by atomic mass is 10.0. The van der Waals surface area contributed by atoms with E-state index in [1.54, 1.807) is 30.3 Å². The first-order chi connectivity index (χ1) is 11.1. The summed E-state index contributed by atoms with van der Waals surface area (Å²) < 4.78 is 19.9. The Morgan fingerprint density at radius 3 is 2.57 bits per heavy atom. The third kappa shape index (κ3) is 3.64. The summed E-state index contributed by atoms with van der Waals surface area (Å²) in [5.41, 5.74) is 1.90. The summed E-state index contributed by atoms with van der Waals surface area (Å²) in [5, 5.41) is 4.74. The summed E-state index contributed by atoms with van der Waals surface area (Å²) in [5.74, 6) is -0.165. The van der Waals surface area contributed by atoms with Crippen molar-refractivity contribution in [2.24, 2.45) is 0 Å². The molecule has 1 atom stereocenters. The minimum atomic E-state index is -1.90.